The summed E-state index contributed by atoms with van der Waals surface area (Å²) in [5.74, 6) is 0.894. The van der Waals surface area contributed by atoms with Crippen LogP contribution >= 0.6 is 0 Å². The summed E-state index contributed by atoms with van der Waals surface area (Å²) >= 11 is 0. The first-order chi connectivity index (χ1) is 15.4. The molecule has 0 heterocycles. The number of hydrazone groups is 1. The number of nitrogens with zero attached hydrogens (tertiary/aromatic N) is 2. The molecule has 0 fully saturated rings. The van der Waals surface area contributed by atoms with E-state index in [2.05, 4.69) is 15.2 Å². The summed E-state index contributed by atoms with van der Waals surface area (Å²) in [5.41, 5.74) is 3.02. The van der Waals surface area contributed by atoms with Crippen LogP contribution in [0.15, 0.2) is 76.7 Å². The summed E-state index contributed by atoms with van der Waals surface area (Å²) in [6.07, 6.45) is 1.44. The summed E-state index contributed by atoms with van der Waals surface area (Å²) in [6, 6.07) is 17.0. The number of nitro groups is 1. The Morgan fingerprint density at radius 2 is 1.59 bits per heavy atom. The number of anilines is 2. The van der Waals surface area contributed by atoms with Crippen molar-refractivity contribution >= 4 is 33.3 Å². The van der Waals surface area contributed by atoms with Crippen LogP contribution in [-0.2, 0) is 10.0 Å². The standard InChI is InChI=1S/C21H20N4O6S/c1-30-20-9-5-3-7-15(20)14-22-23-17-12-11-16(13-19(17)25(26)27)32(28,29)24-18-8-4-6-10-21(18)31-2/h3-14,23-24H,1-2H3. The average molecular weight is 456 g/mol. The highest BCUT2D eigenvalue weighted by Crippen LogP contribution is 2.30. The van der Waals surface area contributed by atoms with Gasteiger partial charge in [-0.1, -0.05) is 24.3 Å². The minimum atomic E-state index is -4.11. The van der Waals surface area contributed by atoms with Gasteiger partial charge in [-0.15, -0.1) is 0 Å². The Bertz CT molecular complexity index is 1260. The van der Waals surface area contributed by atoms with Crippen LogP contribution < -0.4 is 19.6 Å². The van der Waals surface area contributed by atoms with E-state index in [4.69, 9.17) is 9.47 Å². The number of hydrogen-bond donors (Lipinski definition) is 2. The molecule has 0 aliphatic rings. The lowest BCUT2D eigenvalue weighted by molar-refractivity contribution is -0.384. The molecule has 2 N–H and O–H groups in total. The van der Waals surface area contributed by atoms with Crippen molar-refractivity contribution < 1.29 is 22.8 Å². The van der Waals surface area contributed by atoms with E-state index in [-0.39, 0.29) is 16.3 Å². The van der Waals surface area contributed by atoms with E-state index >= 15 is 0 Å². The fraction of sp³-hybridized carbons (Fsp3) is 0.0952. The third-order valence-electron chi connectivity index (χ3n) is 4.36. The topological polar surface area (TPSA) is 132 Å². The minimum absolute atomic E-state index is 0.0254. The van der Waals surface area contributed by atoms with Gasteiger partial charge in [-0.3, -0.25) is 20.3 Å². The zero-order valence-corrected chi connectivity index (χ0v) is 18.0. The molecule has 3 aromatic carbocycles. The number of nitrogens with one attached hydrogen (secondary N) is 2. The fourth-order valence-corrected chi connectivity index (χ4v) is 3.89. The Hall–Kier alpha value is -4.12. The molecule has 0 saturated heterocycles. The summed E-state index contributed by atoms with van der Waals surface area (Å²) in [7, 11) is -1.18. The molecule has 32 heavy (non-hydrogen) atoms. The summed E-state index contributed by atoms with van der Waals surface area (Å²) < 4.78 is 38.3. The molecule has 0 amide bonds. The maximum absolute atomic E-state index is 12.8. The van der Waals surface area contributed by atoms with E-state index in [0.29, 0.717) is 17.1 Å². The molecule has 3 rings (SSSR count). The second-order valence-electron chi connectivity index (χ2n) is 6.35. The Balaban J connectivity index is 1.87. The Morgan fingerprint density at radius 3 is 2.28 bits per heavy atom. The van der Waals surface area contributed by atoms with E-state index in [1.54, 1.807) is 42.5 Å². The largest absolute Gasteiger partial charge is 0.496 e. The van der Waals surface area contributed by atoms with Crippen molar-refractivity contribution in [2.24, 2.45) is 5.10 Å². The average Bonchev–Trinajstić information content (AvgIpc) is 2.79. The number of sulfonamides is 1. The lowest BCUT2D eigenvalue weighted by Crippen LogP contribution is -2.14. The molecule has 0 atom stereocenters. The SMILES string of the molecule is COc1ccccc1C=NNc1ccc(S(=O)(=O)Nc2ccccc2OC)cc1[N+](=O)[O-]. The number of rotatable bonds is 9. The molecular weight excluding hydrogens is 436 g/mol. The third kappa shape index (κ3) is 5.13. The normalized spacial score (nSPS) is 11.2. The molecule has 0 aromatic heterocycles. The first-order valence-electron chi connectivity index (χ1n) is 9.22. The van der Waals surface area contributed by atoms with Crippen LogP contribution in [0.3, 0.4) is 0 Å². The molecule has 0 bridgehead atoms. The molecule has 0 radical (unpaired) electrons. The number of hydrogen-bond acceptors (Lipinski definition) is 8. The molecule has 0 saturated carbocycles. The lowest BCUT2D eigenvalue weighted by Gasteiger charge is -2.12. The Morgan fingerprint density at radius 1 is 0.938 bits per heavy atom. The maximum atomic E-state index is 12.8. The third-order valence-corrected chi connectivity index (χ3v) is 5.72. The van der Waals surface area contributed by atoms with Gasteiger partial charge in [0.1, 0.15) is 17.2 Å². The van der Waals surface area contributed by atoms with Gasteiger partial charge in [-0.25, -0.2) is 8.42 Å². The van der Waals surface area contributed by atoms with Gasteiger partial charge in [-0.05, 0) is 36.4 Å². The van der Waals surface area contributed by atoms with Gasteiger partial charge >= 0.3 is 0 Å². The zero-order valence-electron chi connectivity index (χ0n) is 17.2. The van der Waals surface area contributed by atoms with Crippen LogP contribution in [0, 0.1) is 10.1 Å². The van der Waals surface area contributed by atoms with Crippen LogP contribution in [0.5, 0.6) is 11.5 Å². The van der Waals surface area contributed by atoms with Crippen molar-refractivity contribution in [1.82, 2.24) is 0 Å². The summed E-state index contributed by atoms with van der Waals surface area (Å²) in [6.45, 7) is 0. The van der Waals surface area contributed by atoms with Crippen LogP contribution in [0.25, 0.3) is 0 Å². The quantitative estimate of drug-likeness (QED) is 0.284. The smallest absolute Gasteiger partial charge is 0.295 e. The van der Waals surface area contributed by atoms with Crippen molar-refractivity contribution in [2.75, 3.05) is 24.4 Å². The predicted molar refractivity (Wildman–Crippen MR) is 121 cm³/mol. The highest BCUT2D eigenvalue weighted by atomic mass is 32.2. The van der Waals surface area contributed by atoms with Gasteiger partial charge in [0.25, 0.3) is 15.7 Å². The number of methoxy groups -OCH3 is 2. The molecule has 11 heteroatoms. The first-order valence-corrected chi connectivity index (χ1v) is 10.7. The summed E-state index contributed by atoms with van der Waals surface area (Å²) in [5, 5.41) is 15.6. The molecule has 0 aliphatic carbocycles. The number of ether oxygens (including phenoxy) is 2. The highest BCUT2D eigenvalue weighted by molar-refractivity contribution is 7.92. The number of benzene rings is 3. The van der Waals surface area contributed by atoms with E-state index in [9.17, 15) is 18.5 Å². The fourth-order valence-electron chi connectivity index (χ4n) is 2.80. The second kappa shape index (κ2) is 9.79. The molecule has 10 nitrogen and oxygen atoms in total. The maximum Gasteiger partial charge on any atom is 0.295 e. The van der Waals surface area contributed by atoms with Crippen LogP contribution in [0.4, 0.5) is 17.1 Å². The van der Waals surface area contributed by atoms with Gasteiger partial charge in [0, 0.05) is 11.6 Å². The Labute approximate surface area is 184 Å². The molecule has 3 aromatic rings. The van der Waals surface area contributed by atoms with E-state index in [1.807, 2.05) is 0 Å². The van der Waals surface area contributed by atoms with Gasteiger partial charge in [-0.2, -0.15) is 5.10 Å². The monoisotopic (exact) mass is 456 g/mol. The van der Waals surface area contributed by atoms with Gasteiger partial charge in [0.2, 0.25) is 0 Å². The van der Waals surface area contributed by atoms with Crippen molar-refractivity contribution in [1.29, 1.82) is 0 Å². The highest BCUT2D eigenvalue weighted by Gasteiger charge is 2.22. The zero-order chi connectivity index (χ0) is 23.1. The van der Waals surface area contributed by atoms with E-state index < -0.39 is 20.6 Å². The van der Waals surface area contributed by atoms with Crippen LogP contribution in [0.2, 0.25) is 0 Å². The van der Waals surface area contributed by atoms with Gasteiger partial charge in [0.05, 0.1) is 35.9 Å². The van der Waals surface area contributed by atoms with Crippen molar-refractivity contribution in [3.8, 4) is 11.5 Å². The van der Waals surface area contributed by atoms with Gasteiger partial charge in [0.15, 0.2) is 0 Å². The number of para-hydroxylation sites is 3. The molecule has 0 spiro atoms. The molecule has 166 valence electrons. The molecular formula is C21H20N4O6S. The van der Waals surface area contributed by atoms with Crippen molar-refractivity contribution in [2.45, 2.75) is 4.90 Å². The molecule has 0 unspecified atom stereocenters. The van der Waals surface area contributed by atoms with Crippen LogP contribution in [0.1, 0.15) is 5.56 Å². The van der Waals surface area contributed by atoms with Crippen molar-refractivity contribution in [3.05, 3.63) is 82.4 Å². The predicted octanol–water partition coefficient (Wildman–Crippen LogP) is 3.86. The Kier molecular flexibility index (Phi) is 6.90. The summed E-state index contributed by atoms with van der Waals surface area (Å²) in [4.78, 5) is 10.6. The lowest BCUT2D eigenvalue weighted by atomic mass is 10.2. The second-order valence-corrected chi connectivity index (χ2v) is 8.04. The first kappa shape index (κ1) is 22.6. The van der Waals surface area contributed by atoms with Gasteiger partial charge < -0.3 is 9.47 Å². The van der Waals surface area contributed by atoms with E-state index in [0.717, 1.165) is 6.07 Å². The van der Waals surface area contributed by atoms with E-state index in [1.165, 1.54) is 38.6 Å². The molecule has 0 aliphatic heterocycles. The number of nitro benzene ring substituents is 1. The minimum Gasteiger partial charge on any atom is -0.496 e. The van der Waals surface area contributed by atoms with Crippen molar-refractivity contribution in [3.63, 3.8) is 0 Å². The van der Waals surface area contributed by atoms with Crippen LogP contribution in [-0.4, -0.2) is 33.8 Å².